The minimum Gasteiger partial charge on any atom is -0.508 e. The van der Waals surface area contributed by atoms with Crippen LogP contribution in [0, 0.1) is 23.7 Å². The summed E-state index contributed by atoms with van der Waals surface area (Å²) in [5.41, 5.74) is 1.05. The maximum Gasteiger partial charge on any atom is 0.488 e. The normalized spacial score (nSPS) is 26.8. The number of hydrogen-bond donors (Lipinski definition) is 3. The van der Waals surface area contributed by atoms with Gasteiger partial charge in [-0.25, -0.2) is 4.90 Å². The van der Waals surface area contributed by atoms with Crippen molar-refractivity contribution in [3.8, 4) is 11.5 Å². The van der Waals surface area contributed by atoms with Crippen LogP contribution in [0.15, 0.2) is 109 Å². The number of nitrogens with zero attached hydrogens (tertiary/aromatic N) is 2. The standard InChI is InChI=1S/C39H32BClN2O8/c1-51-32-19-26(44)13-14-28(32)34-27-15-16-29-33(37(47)42(35(29)45)24-11-5-9-22(17-24)40(49)50)30(27)20-31-36(46)43(25-12-6-10-23(41)18-25)38(48)39(31,34)21-7-3-2-4-8-21/h2-15,17-19,29-31,33-34,44,49-50H,16,20H2,1H3. The maximum absolute atomic E-state index is 15.4. The quantitative estimate of drug-likeness (QED) is 0.155. The summed E-state index contributed by atoms with van der Waals surface area (Å²) in [4.78, 5) is 61.1. The molecule has 6 unspecified atom stereocenters. The van der Waals surface area contributed by atoms with Crippen LogP contribution < -0.4 is 20.0 Å². The number of aromatic hydroxyl groups is 1. The number of ether oxygens (including phenoxy) is 1. The first-order chi connectivity index (χ1) is 24.6. The fourth-order valence-corrected chi connectivity index (χ4v) is 9.29. The van der Waals surface area contributed by atoms with E-state index in [0.717, 1.165) is 10.5 Å². The summed E-state index contributed by atoms with van der Waals surface area (Å²) in [5, 5.41) is 30.5. The first-order valence-electron chi connectivity index (χ1n) is 16.7. The van der Waals surface area contributed by atoms with E-state index in [1.165, 1.54) is 36.3 Å². The molecule has 3 N–H and O–H groups in total. The van der Waals surface area contributed by atoms with Crippen molar-refractivity contribution in [3.05, 3.63) is 125 Å². The molecule has 0 radical (unpaired) electrons. The second kappa shape index (κ2) is 12.2. The molecule has 3 fully saturated rings. The van der Waals surface area contributed by atoms with Gasteiger partial charge in [-0.05, 0) is 66.2 Å². The van der Waals surface area contributed by atoms with Crippen molar-refractivity contribution < 1.29 is 39.1 Å². The van der Waals surface area contributed by atoms with Gasteiger partial charge in [0.15, 0.2) is 0 Å². The number of methoxy groups -OCH3 is 1. The van der Waals surface area contributed by atoms with Gasteiger partial charge in [0.25, 0.3) is 0 Å². The van der Waals surface area contributed by atoms with Gasteiger partial charge in [-0.15, -0.1) is 0 Å². The van der Waals surface area contributed by atoms with E-state index in [1.807, 2.05) is 36.4 Å². The Balaban J connectivity index is 1.35. The van der Waals surface area contributed by atoms with Gasteiger partial charge in [-0.1, -0.05) is 77.8 Å². The Labute approximate surface area is 298 Å². The minimum atomic E-state index is -1.80. The fourth-order valence-electron chi connectivity index (χ4n) is 9.11. The van der Waals surface area contributed by atoms with Crippen LogP contribution in [0.5, 0.6) is 11.5 Å². The second-order valence-electron chi connectivity index (χ2n) is 13.5. The zero-order valence-corrected chi connectivity index (χ0v) is 28.1. The molecular formula is C39H32BClN2O8. The Hall–Kier alpha value is -5.23. The Kier molecular flexibility index (Phi) is 7.90. The van der Waals surface area contributed by atoms with Crippen LogP contribution in [0.3, 0.4) is 0 Å². The van der Waals surface area contributed by atoms with Gasteiger partial charge in [-0.3, -0.25) is 24.1 Å². The molecule has 6 atom stereocenters. The van der Waals surface area contributed by atoms with E-state index in [2.05, 4.69) is 0 Å². The number of fused-ring (bicyclic) bond motifs is 4. The minimum absolute atomic E-state index is 0.0530. The molecule has 4 aliphatic rings. The summed E-state index contributed by atoms with van der Waals surface area (Å²) < 4.78 is 5.82. The number of hydrogen-bond acceptors (Lipinski definition) is 8. The summed E-state index contributed by atoms with van der Waals surface area (Å²) in [6.45, 7) is 0. The first kappa shape index (κ1) is 32.9. The van der Waals surface area contributed by atoms with Crippen molar-refractivity contribution in [2.24, 2.45) is 23.7 Å². The molecule has 2 aliphatic carbocycles. The number of phenolic OH excluding ortho intramolecular Hbond substituents is 1. The summed E-state index contributed by atoms with van der Waals surface area (Å²) in [6, 6.07) is 26.4. The van der Waals surface area contributed by atoms with Crippen LogP contribution in [-0.4, -0.2) is 53.0 Å². The Morgan fingerprint density at radius 2 is 1.53 bits per heavy atom. The lowest BCUT2D eigenvalue weighted by atomic mass is 9.49. The van der Waals surface area contributed by atoms with E-state index < -0.39 is 65.8 Å². The van der Waals surface area contributed by atoms with Gasteiger partial charge in [0.05, 0.1) is 41.7 Å². The number of phenols is 1. The molecule has 0 bridgehead atoms. The highest BCUT2D eigenvalue weighted by molar-refractivity contribution is 6.58. The zero-order valence-electron chi connectivity index (χ0n) is 27.3. The lowest BCUT2D eigenvalue weighted by Gasteiger charge is -2.51. The van der Waals surface area contributed by atoms with Crippen LogP contribution in [0.1, 0.15) is 29.9 Å². The molecule has 12 heteroatoms. The number of carbonyl (C=O) groups excluding carboxylic acids is 4. The third-order valence-electron chi connectivity index (χ3n) is 11.1. The predicted octanol–water partition coefficient (Wildman–Crippen LogP) is 4.10. The largest absolute Gasteiger partial charge is 0.508 e. The number of allylic oxidation sites excluding steroid dienone is 2. The summed E-state index contributed by atoms with van der Waals surface area (Å²) >= 11 is 6.38. The van der Waals surface area contributed by atoms with Crippen LogP contribution in [0.4, 0.5) is 11.4 Å². The number of benzene rings is 4. The van der Waals surface area contributed by atoms with Crippen LogP contribution in [0.2, 0.25) is 5.02 Å². The van der Waals surface area contributed by atoms with E-state index in [9.17, 15) is 29.5 Å². The van der Waals surface area contributed by atoms with E-state index in [1.54, 1.807) is 42.5 Å². The van der Waals surface area contributed by atoms with E-state index >= 15 is 4.79 Å². The number of rotatable bonds is 6. The van der Waals surface area contributed by atoms with Gasteiger partial charge < -0.3 is 19.9 Å². The number of amides is 4. The molecule has 10 nitrogen and oxygen atoms in total. The van der Waals surface area contributed by atoms with Crippen molar-refractivity contribution in [2.45, 2.75) is 24.2 Å². The monoisotopic (exact) mass is 702 g/mol. The number of anilines is 2. The Morgan fingerprint density at radius 3 is 2.24 bits per heavy atom. The highest BCUT2D eigenvalue weighted by Gasteiger charge is 2.70. The van der Waals surface area contributed by atoms with Gasteiger partial charge in [-0.2, -0.15) is 0 Å². The maximum atomic E-state index is 15.4. The first-order valence-corrected chi connectivity index (χ1v) is 17.1. The third-order valence-corrected chi connectivity index (χ3v) is 11.4. The SMILES string of the molecule is COc1cc(O)ccc1C1C2=CCC3C(=O)N(c4cccc(B(O)O)c4)C(=O)C3C2CC2C(=O)N(c3cccc(Cl)c3)C(=O)C21c1ccccc1. The smallest absolute Gasteiger partial charge is 0.488 e. The average molecular weight is 703 g/mol. The van der Waals surface area contributed by atoms with E-state index in [-0.39, 0.29) is 29.7 Å². The highest BCUT2D eigenvalue weighted by atomic mass is 35.5. The lowest BCUT2D eigenvalue weighted by Crippen LogP contribution is -2.53. The Bertz CT molecular complexity index is 2160. The molecule has 8 rings (SSSR count). The number of halogens is 1. The molecule has 2 heterocycles. The molecule has 4 amide bonds. The van der Waals surface area contributed by atoms with Crippen molar-refractivity contribution in [1.82, 2.24) is 0 Å². The molecule has 0 aromatic heterocycles. The summed E-state index contributed by atoms with van der Waals surface area (Å²) in [5.74, 6) is -5.58. The van der Waals surface area contributed by atoms with Gasteiger partial charge >= 0.3 is 7.12 Å². The Morgan fingerprint density at radius 1 is 0.804 bits per heavy atom. The predicted molar refractivity (Wildman–Crippen MR) is 190 cm³/mol. The molecule has 2 saturated heterocycles. The highest BCUT2D eigenvalue weighted by Crippen LogP contribution is 2.65. The van der Waals surface area contributed by atoms with Gasteiger partial charge in [0.1, 0.15) is 11.5 Å². The molecule has 0 spiro atoms. The molecule has 2 aliphatic heterocycles. The fraction of sp³-hybridized carbons (Fsp3) is 0.231. The summed E-state index contributed by atoms with van der Waals surface area (Å²) in [6.07, 6.45) is 2.24. The topological polar surface area (TPSA) is 145 Å². The van der Waals surface area contributed by atoms with E-state index in [4.69, 9.17) is 16.3 Å². The lowest BCUT2D eigenvalue weighted by molar-refractivity contribution is -0.127. The number of carbonyl (C=O) groups is 4. The molecule has 256 valence electrons. The van der Waals surface area contributed by atoms with Crippen molar-refractivity contribution in [2.75, 3.05) is 16.9 Å². The number of imide groups is 2. The van der Waals surface area contributed by atoms with Gasteiger partial charge in [0.2, 0.25) is 23.6 Å². The molecule has 51 heavy (non-hydrogen) atoms. The zero-order chi connectivity index (χ0) is 35.8. The van der Waals surface area contributed by atoms with Crippen LogP contribution >= 0.6 is 11.6 Å². The average Bonchev–Trinajstić information content (AvgIpc) is 3.52. The van der Waals surface area contributed by atoms with Crippen molar-refractivity contribution in [1.29, 1.82) is 0 Å². The van der Waals surface area contributed by atoms with E-state index in [0.29, 0.717) is 27.6 Å². The summed E-state index contributed by atoms with van der Waals surface area (Å²) in [7, 11) is -0.336. The van der Waals surface area contributed by atoms with Crippen molar-refractivity contribution in [3.63, 3.8) is 0 Å². The third kappa shape index (κ3) is 4.79. The molecule has 1 saturated carbocycles. The molecular weight excluding hydrogens is 671 g/mol. The van der Waals surface area contributed by atoms with Crippen LogP contribution in [-0.2, 0) is 24.6 Å². The second-order valence-corrected chi connectivity index (χ2v) is 13.9. The van der Waals surface area contributed by atoms with Gasteiger partial charge in [0, 0.05) is 22.6 Å². The van der Waals surface area contributed by atoms with Crippen molar-refractivity contribution >= 4 is 59.2 Å². The molecule has 4 aromatic carbocycles. The van der Waals surface area contributed by atoms with Crippen LogP contribution in [0.25, 0.3) is 0 Å². The molecule has 4 aromatic rings.